The van der Waals surface area contributed by atoms with E-state index < -0.39 is 21.6 Å². The molecule has 1 aliphatic rings. The lowest BCUT2D eigenvalue weighted by Crippen LogP contribution is -2.47. The zero-order valence-corrected chi connectivity index (χ0v) is 13.8. The van der Waals surface area contributed by atoms with Gasteiger partial charge >= 0.3 is 6.03 Å². The van der Waals surface area contributed by atoms with Crippen LogP contribution in [0, 0.1) is 0 Å². The van der Waals surface area contributed by atoms with Crippen molar-refractivity contribution in [1.82, 2.24) is 9.73 Å². The highest BCUT2D eigenvalue weighted by Gasteiger charge is 2.38. The largest absolute Gasteiger partial charge is 0.495 e. The van der Waals surface area contributed by atoms with E-state index in [1.807, 2.05) is 18.6 Å². The smallest absolute Gasteiger partial charge is 0.352 e. The lowest BCUT2D eigenvalue weighted by Gasteiger charge is -2.28. The van der Waals surface area contributed by atoms with Gasteiger partial charge in [0.1, 0.15) is 10.6 Å². The standard InChI is InChI=1S/C14H19N3O4S/c1-10-9-14(2,3)17(15-10)13(18)16-22(19,20)12-8-6-5-7-11(12)21-4/h5-8H,9H2,1-4H3,(H,16,18). The van der Waals surface area contributed by atoms with E-state index in [4.69, 9.17) is 4.74 Å². The highest BCUT2D eigenvalue weighted by molar-refractivity contribution is 7.90. The van der Waals surface area contributed by atoms with Gasteiger partial charge in [-0.15, -0.1) is 0 Å². The zero-order valence-electron chi connectivity index (χ0n) is 13.0. The highest BCUT2D eigenvalue weighted by atomic mass is 32.2. The van der Waals surface area contributed by atoms with Gasteiger partial charge in [0, 0.05) is 12.1 Å². The van der Waals surface area contributed by atoms with Crippen molar-refractivity contribution in [2.75, 3.05) is 7.11 Å². The maximum Gasteiger partial charge on any atom is 0.352 e. The second-order valence-corrected chi connectivity index (χ2v) is 7.35. The molecule has 1 aromatic carbocycles. The lowest BCUT2D eigenvalue weighted by atomic mass is 9.99. The van der Waals surface area contributed by atoms with Crippen molar-refractivity contribution in [3.8, 4) is 5.75 Å². The minimum Gasteiger partial charge on any atom is -0.495 e. The van der Waals surface area contributed by atoms with Crippen molar-refractivity contribution in [1.29, 1.82) is 0 Å². The van der Waals surface area contributed by atoms with Crippen LogP contribution in [0.1, 0.15) is 27.2 Å². The summed E-state index contributed by atoms with van der Waals surface area (Å²) in [5.74, 6) is 0.170. The summed E-state index contributed by atoms with van der Waals surface area (Å²) >= 11 is 0. The van der Waals surface area contributed by atoms with E-state index >= 15 is 0 Å². The Labute approximate surface area is 130 Å². The third-order valence-corrected chi connectivity index (χ3v) is 4.66. The summed E-state index contributed by atoms with van der Waals surface area (Å²) in [5.41, 5.74) is 0.208. The molecule has 8 heteroatoms. The summed E-state index contributed by atoms with van der Waals surface area (Å²) < 4.78 is 31.8. The van der Waals surface area contributed by atoms with Crippen molar-refractivity contribution in [3.63, 3.8) is 0 Å². The molecule has 1 aliphatic heterocycles. The normalized spacial score (nSPS) is 17.1. The number of hydrogen-bond donors (Lipinski definition) is 1. The number of carbonyl (C=O) groups excluding carboxylic acids is 1. The Morgan fingerprint density at radius 3 is 2.55 bits per heavy atom. The number of rotatable bonds is 3. The first-order chi connectivity index (χ1) is 10.2. The molecule has 120 valence electrons. The minimum absolute atomic E-state index is 0.0939. The number of nitrogens with zero attached hydrogens (tertiary/aromatic N) is 2. The van der Waals surface area contributed by atoms with Gasteiger partial charge in [-0.3, -0.25) is 0 Å². The molecule has 0 radical (unpaired) electrons. The first-order valence-corrected chi connectivity index (χ1v) is 8.20. The third-order valence-electron chi connectivity index (χ3n) is 3.31. The molecular weight excluding hydrogens is 306 g/mol. The molecule has 1 N–H and O–H groups in total. The molecule has 0 bridgehead atoms. The van der Waals surface area contributed by atoms with Gasteiger partial charge in [-0.25, -0.2) is 22.9 Å². The molecule has 0 saturated heterocycles. The van der Waals surface area contributed by atoms with Gasteiger partial charge in [-0.1, -0.05) is 12.1 Å². The van der Waals surface area contributed by atoms with Crippen LogP contribution in [0.15, 0.2) is 34.3 Å². The van der Waals surface area contributed by atoms with Crippen LogP contribution in [-0.2, 0) is 10.0 Å². The van der Waals surface area contributed by atoms with E-state index in [1.165, 1.54) is 19.2 Å². The first kappa shape index (κ1) is 16.3. The van der Waals surface area contributed by atoms with Gasteiger partial charge < -0.3 is 4.74 Å². The molecule has 2 rings (SSSR count). The summed E-state index contributed by atoms with van der Waals surface area (Å²) in [6, 6.07) is 5.31. The molecule has 7 nitrogen and oxygen atoms in total. The summed E-state index contributed by atoms with van der Waals surface area (Å²) in [6.45, 7) is 5.44. The fourth-order valence-corrected chi connectivity index (χ4v) is 3.52. The predicted molar refractivity (Wildman–Crippen MR) is 82.4 cm³/mol. The van der Waals surface area contributed by atoms with Gasteiger partial charge in [0.15, 0.2) is 0 Å². The number of urea groups is 1. The van der Waals surface area contributed by atoms with Crippen molar-refractivity contribution in [2.24, 2.45) is 5.10 Å². The number of sulfonamides is 1. The van der Waals surface area contributed by atoms with Gasteiger partial charge in [-0.05, 0) is 32.9 Å². The number of amides is 2. The van der Waals surface area contributed by atoms with Crippen molar-refractivity contribution in [2.45, 2.75) is 37.6 Å². The number of hydrazone groups is 1. The van der Waals surface area contributed by atoms with Crippen LogP contribution in [0.2, 0.25) is 0 Å². The Balaban J connectivity index is 2.28. The summed E-state index contributed by atoms with van der Waals surface area (Å²) in [6.07, 6.45) is 0.592. The van der Waals surface area contributed by atoms with E-state index in [0.717, 1.165) is 10.7 Å². The molecule has 0 saturated carbocycles. The summed E-state index contributed by atoms with van der Waals surface area (Å²) in [7, 11) is -2.67. The number of ether oxygens (including phenoxy) is 1. The Hall–Kier alpha value is -2.09. The van der Waals surface area contributed by atoms with Crippen molar-refractivity contribution < 1.29 is 17.9 Å². The molecule has 0 aliphatic carbocycles. The van der Waals surface area contributed by atoms with Crippen LogP contribution >= 0.6 is 0 Å². The van der Waals surface area contributed by atoms with E-state index in [-0.39, 0.29) is 10.6 Å². The van der Waals surface area contributed by atoms with Gasteiger partial charge in [0.25, 0.3) is 10.0 Å². The van der Waals surface area contributed by atoms with E-state index in [2.05, 4.69) is 5.10 Å². The second kappa shape index (κ2) is 5.60. The molecule has 0 aromatic heterocycles. The number of methoxy groups -OCH3 is 1. The van der Waals surface area contributed by atoms with Crippen molar-refractivity contribution in [3.05, 3.63) is 24.3 Å². The van der Waals surface area contributed by atoms with Gasteiger partial charge in [-0.2, -0.15) is 5.10 Å². The molecule has 1 aromatic rings. The maximum absolute atomic E-state index is 12.4. The summed E-state index contributed by atoms with van der Waals surface area (Å²) in [5, 5.41) is 5.27. The minimum atomic E-state index is -4.04. The van der Waals surface area contributed by atoms with Crippen LogP contribution in [0.5, 0.6) is 5.75 Å². The average Bonchev–Trinajstić information content (AvgIpc) is 2.71. The van der Waals surface area contributed by atoms with Crippen LogP contribution in [0.25, 0.3) is 0 Å². The summed E-state index contributed by atoms with van der Waals surface area (Å²) in [4.78, 5) is 12.2. The highest BCUT2D eigenvalue weighted by Crippen LogP contribution is 2.28. The zero-order chi connectivity index (χ0) is 16.5. The fraction of sp³-hybridized carbons (Fsp3) is 0.429. The van der Waals surface area contributed by atoms with E-state index in [0.29, 0.717) is 6.42 Å². The Morgan fingerprint density at radius 1 is 1.36 bits per heavy atom. The Kier molecular flexibility index (Phi) is 4.15. The molecule has 0 unspecified atom stereocenters. The Morgan fingerprint density at radius 2 is 2.00 bits per heavy atom. The first-order valence-electron chi connectivity index (χ1n) is 6.71. The maximum atomic E-state index is 12.4. The number of hydrogen-bond acceptors (Lipinski definition) is 5. The number of nitrogens with one attached hydrogen (secondary N) is 1. The molecular formula is C14H19N3O4S. The van der Waals surface area contributed by atoms with Crippen LogP contribution in [-0.4, -0.2) is 37.8 Å². The van der Waals surface area contributed by atoms with Crippen LogP contribution < -0.4 is 9.46 Å². The van der Waals surface area contributed by atoms with Crippen LogP contribution in [0.3, 0.4) is 0 Å². The quantitative estimate of drug-likeness (QED) is 0.920. The SMILES string of the molecule is COc1ccccc1S(=O)(=O)NC(=O)N1N=C(C)CC1(C)C. The number of carbonyl (C=O) groups is 1. The average molecular weight is 325 g/mol. The van der Waals surface area contributed by atoms with Crippen LogP contribution in [0.4, 0.5) is 4.79 Å². The number of benzene rings is 1. The van der Waals surface area contributed by atoms with E-state index in [9.17, 15) is 13.2 Å². The van der Waals surface area contributed by atoms with Crippen molar-refractivity contribution >= 4 is 21.8 Å². The monoisotopic (exact) mass is 325 g/mol. The second-order valence-electron chi connectivity index (χ2n) is 5.70. The predicted octanol–water partition coefficient (Wildman–Crippen LogP) is 1.95. The number of para-hydroxylation sites is 1. The fourth-order valence-electron chi connectivity index (χ4n) is 2.42. The van der Waals surface area contributed by atoms with E-state index in [1.54, 1.807) is 19.1 Å². The molecule has 0 spiro atoms. The van der Waals surface area contributed by atoms with Gasteiger partial charge in [0.05, 0.1) is 12.6 Å². The molecule has 1 heterocycles. The third kappa shape index (κ3) is 3.06. The molecule has 22 heavy (non-hydrogen) atoms. The molecule has 0 fully saturated rings. The topological polar surface area (TPSA) is 88.1 Å². The van der Waals surface area contributed by atoms with Gasteiger partial charge in [0.2, 0.25) is 0 Å². The molecule has 0 atom stereocenters. The Bertz CT molecular complexity index is 725. The molecule has 2 amide bonds. The lowest BCUT2D eigenvalue weighted by molar-refractivity contribution is 0.159.